The molecule has 0 aliphatic rings. The van der Waals surface area contributed by atoms with Gasteiger partial charge in [-0.1, -0.05) is 90.1 Å². The fourth-order valence-corrected chi connectivity index (χ4v) is 2.89. The van der Waals surface area contributed by atoms with E-state index < -0.39 is 0 Å². The van der Waals surface area contributed by atoms with Crippen LogP contribution in [-0.2, 0) is 15.6 Å². The molecule has 0 bridgehead atoms. The van der Waals surface area contributed by atoms with Crippen molar-refractivity contribution in [3.8, 4) is 0 Å². The second-order valence-electron chi connectivity index (χ2n) is 8.78. The first-order valence-corrected chi connectivity index (χ1v) is 9.15. The van der Waals surface area contributed by atoms with Gasteiger partial charge in [-0.15, -0.1) is 0 Å². The van der Waals surface area contributed by atoms with Crippen molar-refractivity contribution in [1.29, 1.82) is 0 Å². The summed E-state index contributed by atoms with van der Waals surface area (Å²) in [5.74, 6) is 0. The van der Waals surface area contributed by atoms with Crippen molar-refractivity contribution < 1.29 is 4.74 Å². The van der Waals surface area contributed by atoms with E-state index in [2.05, 4.69) is 90.1 Å². The maximum atomic E-state index is 6.09. The summed E-state index contributed by atoms with van der Waals surface area (Å²) < 4.78 is 6.09. The van der Waals surface area contributed by atoms with Crippen LogP contribution in [0.25, 0.3) is 0 Å². The van der Waals surface area contributed by atoms with Gasteiger partial charge in [0.05, 0.1) is 6.61 Å². The molecule has 2 aromatic rings. The van der Waals surface area contributed by atoms with E-state index in [4.69, 9.17) is 10.5 Å². The molecule has 0 atom stereocenters. The van der Waals surface area contributed by atoms with Crippen LogP contribution in [0.5, 0.6) is 0 Å². The molecule has 2 N–H and O–H groups in total. The molecule has 0 spiro atoms. The molecular formula is C23H33NO. The molecule has 0 radical (unpaired) electrons. The van der Waals surface area contributed by atoms with Gasteiger partial charge >= 0.3 is 0 Å². The van der Waals surface area contributed by atoms with Crippen molar-refractivity contribution in [1.82, 2.24) is 0 Å². The Morgan fingerprint density at radius 1 is 0.720 bits per heavy atom. The van der Waals surface area contributed by atoms with Crippen molar-refractivity contribution in [2.45, 2.75) is 58.5 Å². The Morgan fingerprint density at radius 2 is 1.08 bits per heavy atom. The van der Waals surface area contributed by atoms with Crippen LogP contribution >= 0.6 is 0 Å². The predicted molar refractivity (Wildman–Crippen MR) is 107 cm³/mol. The minimum Gasteiger partial charge on any atom is -0.367 e. The van der Waals surface area contributed by atoms with Crippen LogP contribution < -0.4 is 5.73 Å². The fourth-order valence-electron chi connectivity index (χ4n) is 2.89. The second kappa shape index (κ2) is 7.72. The monoisotopic (exact) mass is 339 g/mol. The van der Waals surface area contributed by atoms with Gasteiger partial charge in [-0.05, 0) is 33.1 Å². The normalized spacial score (nSPS) is 12.6. The predicted octanol–water partition coefficient (Wildman–Crippen LogP) is 5.35. The molecule has 0 fully saturated rings. The van der Waals surface area contributed by atoms with Crippen LogP contribution in [0.4, 0.5) is 0 Å². The van der Waals surface area contributed by atoms with Gasteiger partial charge in [0.1, 0.15) is 6.10 Å². The lowest BCUT2D eigenvalue weighted by atomic mass is 9.85. The zero-order valence-electron chi connectivity index (χ0n) is 16.6. The first-order chi connectivity index (χ1) is 11.6. The molecule has 136 valence electrons. The Labute approximate surface area is 153 Å². The molecule has 0 aliphatic heterocycles. The van der Waals surface area contributed by atoms with Crippen molar-refractivity contribution in [3.63, 3.8) is 0 Å². The average molecular weight is 340 g/mol. The highest BCUT2D eigenvalue weighted by Gasteiger charge is 2.19. The van der Waals surface area contributed by atoms with Crippen LogP contribution in [0.15, 0.2) is 48.5 Å². The number of hydrogen-bond acceptors (Lipinski definition) is 2. The van der Waals surface area contributed by atoms with Crippen LogP contribution in [0.1, 0.15) is 69.9 Å². The van der Waals surface area contributed by atoms with Crippen LogP contribution in [0.3, 0.4) is 0 Å². The van der Waals surface area contributed by atoms with Gasteiger partial charge in [0.2, 0.25) is 0 Å². The van der Waals surface area contributed by atoms with E-state index in [0.29, 0.717) is 13.2 Å². The summed E-state index contributed by atoms with van der Waals surface area (Å²) in [6, 6.07) is 17.5. The largest absolute Gasteiger partial charge is 0.367 e. The highest BCUT2D eigenvalue weighted by atomic mass is 16.5. The third-order valence-electron chi connectivity index (χ3n) is 4.56. The van der Waals surface area contributed by atoms with Crippen LogP contribution in [-0.4, -0.2) is 13.2 Å². The fraction of sp³-hybridized carbons (Fsp3) is 0.478. The Balaban J connectivity index is 2.32. The summed E-state index contributed by atoms with van der Waals surface area (Å²) in [5.41, 5.74) is 11.0. The van der Waals surface area contributed by atoms with Gasteiger partial charge < -0.3 is 10.5 Å². The number of benzene rings is 2. The van der Waals surface area contributed by atoms with Gasteiger partial charge in [0.15, 0.2) is 0 Å². The highest BCUT2D eigenvalue weighted by molar-refractivity contribution is 5.36. The first kappa shape index (κ1) is 19.7. The lowest BCUT2D eigenvalue weighted by molar-refractivity contribution is 0.0864. The Kier molecular flexibility index (Phi) is 6.08. The van der Waals surface area contributed by atoms with Crippen molar-refractivity contribution >= 4 is 0 Å². The highest BCUT2D eigenvalue weighted by Crippen LogP contribution is 2.31. The zero-order chi connectivity index (χ0) is 18.7. The first-order valence-electron chi connectivity index (χ1n) is 9.15. The van der Waals surface area contributed by atoms with Gasteiger partial charge in [0.25, 0.3) is 0 Å². The molecule has 2 heteroatoms. The third kappa shape index (κ3) is 5.17. The number of ether oxygens (including phenoxy) is 1. The lowest BCUT2D eigenvalue weighted by Gasteiger charge is -2.24. The van der Waals surface area contributed by atoms with E-state index in [1.807, 2.05) is 0 Å². The summed E-state index contributed by atoms with van der Waals surface area (Å²) in [5, 5.41) is 0. The van der Waals surface area contributed by atoms with Crippen LogP contribution in [0, 0.1) is 0 Å². The molecular weight excluding hydrogens is 306 g/mol. The molecule has 2 rings (SSSR count). The minimum atomic E-state index is -0.0772. The molecule has 0 saturated heterocycles. The van der Waals surface area contributed by atoms with Gasteiger partial charge in [-0.3, -0.25) is 0 Å². The van der Waals surface area contributed by atoms with Crippen LogP contribution in [0.2, 0.25) is 0 Å². The van der Waals surface area contributed by atoms with Crippen molar-refractivity contribution in [2.75, 3.05) is 13.2 Å². The van der Waals surface area contributed by atoms with Gasteiger partial charge in [-0.25, -0.2) is 0 Å². The summed E-state index contributed by atoms with van der Waals surface area (Å²) in [7, 11) is 0. The smallest absolute Gasteiger partial charge is 0.108 e. The summed E-state index contributed by atoms with van der Waals surface area (Å²) in [6.45, 7) is 14.5. The van der Waals surface area contributed by atoms with E-state index >= 15 is 0 Å². The Morgan fingerprint density at radius 3 is 1.36 bits per heavy atom. The Bertz CT molecular complexity index is 600. The van der Waals surface area contributed by atoms with Gasteiger partial charge in [-0.2, -0.15) is 0 Å². The second-order valence-corrected chi connectivity index (χ2v) is 8.78. The zero-order valence-corrected chi connectivity index (χ0v) is 16.6. The topological polar surface area (TPSA) is 35.2 Å². The van der Waals surface area contributed by atoms with Crippen molar-refractivity contribution in [2.24, 2.45) is 5.73 Å². The SMILES string of the molecule is CC(C)(C)c1ccc(C(OCCN)c2ccc(C(C)(C)C)cc2)cc1. The average Bonchev–Trinajstić information content (AvgIpc) is 2.54. The lowest BCUT2D eigenvalue weighted by Crippen LogP contribution is -2.15. The Hall–Kier alpha value is -1.64. The molecule has 0 aliphatic carbocycles. The molecule has 0 heterocycles. The molecule has 2 nitrogen and oxygen atoms in total. The number of rotatable bonds is 5. The summed E-state index contributed by atoms with van der Waals surface area (Å²) in [4.78, 5) is 0. The van der Waals surface area contributed by atoms with Gasteiger partial charge in [0, 0.05) is 6.54 Å². The number of hydrogen-bond donors (Lipinski definition) is 1. The van der Waals surface area contributed by atoms with E-state index in [0.717, 1.165) is 0 Å². The molecule has 0 amide bonds. The standard InChI is InChI=1S/C23H33NO/c1-22(2,3)19-11-7-17(8-12-19)21(25-16-15-24)18-9-13-20(14-10-18)23(4,5)6/h7-14,21H,15-16,24H2,1-6H3. The van der Waals surface area contributed by atoms with E-state index in [-0.39, 0.29) is 16.9 Å². The molecule has 25 heavy (non-hydrogen) atoms. The molecule has 0 aromatic heterocycles. The number of nitrogens with two attached hydrogens (primary N) is 1. The van der Waals surface area contributed by atoms with E-state index in [1.54, 1.807) is 0 Å². The van der Waals surface area contributed by atoms with Crippen molar-refractivity contribution in [3.05, 3.63) is 70.8 Å². The minimum absolute atomic E-state index is 0.0772. The third-order valence-corrected chi connectivity index (χ3v) is 4.56. The molecule has 2 aromatic carbocycles. The maximum absolute atomic E-state index is 6.09. The molecule has 0 unspecified atom stereocenters. The summed E-state index contributed by atoms with van der Waals surface area (Å²) >= 11 is 0. The van der Waals surface area contributed by atoms with E-state index in [1.165, 1.54) is 22.3 Å². The quantitative estimate of drug-likeness (QED) is 0.797. The molecule has 0 saturated carbocycles. The summed E-state index contributed by atoms with van der Waals surface area (Å²) in [6.07, 6.45) is -0.0772. The maximum Gasteiger partial charge on any atom is 0.108 e. The van der Waals surface area contributed by atoms with E-state index in [9.17, 15) is 0 Å².